The number of esters is 1. The van der Waals surface area contributed by atoms with Gasteiger partial charge in [-0.05, 0) is 19.8 Å². The molecule has 3 atom stereocenters. The highest BCUT2D eigenvalue weighted by molar-refractivity contribution is 5.77. The number of carbonyl (C=O) groups is 2. The van der Waals surface area contributed by atoms with Crippen LogP contribution in [0.25, 0.3) is 0 Å². The summed E-state index contributed by atoms with van der Waals surface area (Å²) in [6.45, 7) is 2.79. The molecule has 17 heavy (non-hydrogen) atoms. The van der Waals surface area contributed by atoms with Crippen LogP contribution in [-0.4, -0.2) is 41.4 Å². The average Bonchev–Trinajstić information content (AvgIpc) is 2.24. The molecule has 1 aliphatic carbocycles. The predicted octanol–water partition coefficient (Wildman–Crippen LogP) is 0.129. The number of aliphatic carboxylic acids is 1. The molecular weight excluding hydrogens is 226 g/mol. The summed E-state index contributed by atoms with van der Waals surface area (Å²) in [4.78, 5) is 20.4. The number of carboxylic acids is 1. The van der Waals surface area contributed by atoms with Crippen LogP contribution in [0.3, 0.4) is 0 Å². The molecule has 100 valence electrons. The summed E-state index contributed by atoms with van der Waals surface area (Å²) in [5, 5.41) is 17.2. The number of nitrogens with two attached hydrogens (primary N) is 1. The van der Waals surface area contributed by atoms with Crippen LogP contribution in [0.1, 0.15) is 33.1 Å². The first-order valence-electron chi connectivity index (χ1n) is 5.47. The van der Waals surface area contributed by atoms with Gasteiger partial charge >= 0.3 is 5.97 Å². The van der Waals surface area contributed by atoms with Gasteiger partial charge in [-0.3, -0.25) is 9.59 Å². The second kappa shape index (κ2) is 6.56. The highest BCUT2D eigenvalue weighted by atomic mass is 16.5. The number of carboxylic acid groups (broad SMARTS) is 1. The van der Waals surface area contributed by atoms with E-state index < -0.39 is 17.5 Å². The lowest BCUT2D eigenvalue weighted by molar-refractivity contribution is -0.163. The van der Waals surface area contributed by atoms with Crippen molar-refractivity contribution in [2.24, 2.45) is 11.1 Å². The first-order chi connectivity index (χ1) is 7.75. The number of hydrogen-bond donors (Lipinski definition) is 3. The molecule has 6 heteroatoms. The van der Waals surface area contributed by atoms with Crippen molar-refractivity contribution in [1.82, 2.24) is 0 Å². The van der Waals surface area contributed by atoms with Crippen molar-refractivity contribution < 1.29 is 24.5 Å². The van der Waals surface area contributed by atoms with Gasteiger partial charge in [0.25, 0.3) is 5.97 Å². The molecule has 0 aromatic carbocycles. The zero-order valence-corrected chi connectivity index (χ0v) is 10.5. The number of rotatable bonds is 1. The summed E-state index contributed by atoms with van der Waals surface area (Å²) in [6.07, 6.45) is 1.50. The van der Waals surface area contributed by atoms with Crippen molar-refractivity contribution in [3.05, 3.63) is 0 Å². The van der Waals surface area contributed by atoms with E-state index in [4.69, 9.17) is 15.6 Å². The number of hydrogen-bond acceptors (Lipinski definition) is 5. The minimum absolute atomic E-state index is 0.308. The predicted molar refractivity (Wildman–Crippen MR) is 61.3 cm³/mol. The lowest BCUT2D eigenvalue weighted by Crippen LogP contribution is -2.53. The maximum Gasteiger partial charge on any atom is 0.314 e. The molecule has 6 nitrogen and oxygen atoms in total. The van der Waals surface area contributed by atoms with Gasteiger partial charge in [0, 0.05) is 13.0 Å². The van der Waals surface area contributed by atoms with Gasteiger partial charge in [0.05, 0.1) is 18.6 Å². The van der Waals surface area contributed by atoms with E-state index >= 15 is 0 Å². The fraction of sp³-hybridized carbons (Fsp3) is 0.818. The van der Waals surface area contributed by atoms with Gasteiger partial charge in [0.1, 0.15) is 0 Å². The van der Waals surface area contributed by atoms with Crippen LogP contribution < -0.4 is 5.73 Å². The standard InChI is InChI=1S/C9H17NO3.C2H4O2/c1-9(8(12)13-2)5-3-4-6(10)7(9)11;1-2(3)4/h6-7,11H,3-5,10H2,1-2H3;1H3,(H,3,4). The molecular formula is C11H21NO5. The Kier molecular flexibility index (Phi) is 6.12. The summed E-state index contributed by atoms with van der Waals surface area (Å²) in [6, 6.07) is -0.308. The van der Waals surface area contributed by atoms with Crippen LogP contribution in [0.4, 0.5) is 0 Å². The van der Waals surface area contributed by atoms with E-state index in [-0.39, 0.29) is 12.0 Å². The van der Waals surface area contributed by atoms with Gasteiger partial charge in [-0.2, -0.15) is 0 Å². The van der Waals surface area contributed by atoms with Gasteiger partial charge in [-0.1, -0.05) is 6.42 Å². The molecule has 1 aliphatic rings. The molecule has 0 heterocycles. The zero-order chi connectivity index (χ0) is 13.6. The number of aliphatic hydroxyl groups excluding tert-OH is 1. The third kappa shape index (κ3) is 4.32. The molecule has 0 radical (unpaired) electrons. The molecule has 4 N–H and O–H groups in total. The van der Waals surface area contributed by atoms with E-state index in [1.54, 1.807) is 6.92 Å². The molecule has 0 amide bonds. The largest absolute Gasteiger partial charge is 0.481 e. The van der Waals surface area contributed by atoms with Crippen LogP contribution in [-0.2, 0) is 14.3 Å². The fourth-order valence-electron chi connectivity index (χ4n) is 1.94. The van der Waals surface area contributed by atoms with Gasteiger partial charge in [0.15, 0.2) is 0 Å². The number of ether oxygens (including phenoxy) is 1. The topological polar surface area (TPSA) is 110 Å². The van der Waals surface area contributed by atoms with E-state index in [0.29, 0.717) is 6.42 Å². The van der Waals surface area contributed by atoms with E-state index in [1.807, 2.05) is 0 Å². The van der Waals surface area contributed by atoms with Crippen LogP contribution in [0.5, 0.6) is 0 Å². The molecule has 0 aromatic heterocycles. The summed E-state index contributed by atoms with van der Waals surface area (Å²) in [5.74, 6) is -1.20. The van der Waals surface area contributed by atoms with Crippen molar-refractivity contribution in [1.29, 1.82) is 0 Å². The lowest BCUT2D eigenvalue weighted by Gasteiger charge is -2.39. The number of methoxy groups -OCH3 is 1. The van der Waals surface area contributed by atoms with Crippen LogP contribution >= 0.6 is 0 Å². The third-order valence-corrected chi connectivity index (χ3v) is 2.94. The summed E-state index contributed by atoms with van der Waals surface area (Å²) >= 11 is 0. The van der Waals surface area contributed by atoms with Crippen molar-refractivity contribution >= 4 is 11.9 Å². The van der Waals surface area contributed by atoms with Crippen LogP contribution in [0.15, 0.2) is 0 Å². The Labute approximate surface area is 101 Å². The third-order valence-electron chi connectivity index (χ3n) is 2.94. The van der Waals surface area contributed by atoms with Crippen molar-refractivity contribution in [3.8, 4) is 0 Å². The Morgan fingerprint density at radius 3 is 2.35 bits per heavy atom. The summed E-state index contributed by atoms with van der Waals surface area (Å²) < 4.78 is 4.66. The van der Waals surface area contributed by atoms with E-state index in [1.165, 1.54) is 7.11 Å². The number of carbonyl (C=O) groups excluding carboxylic acids is 1. The molecule has 3 unspecified atom stereocenters. The van der Waals surface area contributed by atoms with Crippen molar-refractivity contribution in [2.75, 3.05) is 7.11 Å². The summed E-state index contributed by atoms with van der Waals surface area (Å²) in [5.41, 5.74) is 4.88. The Morgan fingerprint density at radius 2 is 1.94 bits per heavy atom. The Balaban J connectivity index is 0.000000557. The maximum atomic E-state index is 11.4. The Morgan fingerprint density at radius 1 is 1.47 bits per heavy atom. The second-order valence-corrected chi connectivity index (χ2v) is 4.43. The highest BCUT2D eigenvalue weighted by Gasteiger charge is 2.46. The summed E-state index contributed by atoms with van der Waals surface area (Å²) in [7, 11) is 1.33. The molecule has 1 fully saturated rings. The van der Waals surface area contributed by atoms with E-state index in [9.17, 15) is 9.90 Å². The number of aliphatic hydroxyl groups is 1. The molecule has 0 spiro atoms. The van der Waals surface area contributed by atoms with Crippen LogP contribution in [0.2, 0.25) is 0 Å². The normalized spacial score (nSPS) is 32.1. The van der Waals surface area contributed by atoms with Crippen LogP contribution in [0, 0.1) is 5.41 Å². The smallest absolute Gasteiger partial charge is 0.314 e. The Bertz CT molecular complexity index is 277. The quantitative estimate of drug-likeness (QED) is 0.568. The molecule has 1 saturated carbocycles. The van der Waals surface area contributed by atoms with Gasteiger partial charge in [-0.15, -0.1) is 0 Å². The second-order valence-electron chi connectivity index (χ2n) is 4.43. The van der Waals surface area contributed by atoms with Crippen molar-refractivity contribution in [3.63, 3.8) is 0 Å². The SMILES string of the molecule is CC(=O)O.COC(=O)C1(C)CCCC(N)C1O. The molecule has 0 aliphatic heterocycles. The van der Waals surface area contributed by atoms with E-state index in [0.717, 1.165) is 19.8 Å². The molecule has 0 saturated heterocycles. The Hall–Kier alpha value is -1.14. The van der Waals surface area contributed by atoms with Gasteiger partial charge in [-0.25, -0.2) is 0 Å². The fourth-order valence-corrected chi connectivity index (χ4v) is 1.94. The molecule has 0 bridgehead atoms. The minimum atomic E-state index is -0.833. The average molecular weight is 247 g/mol. The maximum absolute atomic E-state index is 11.4. The van der Waals surface area contributed by atoms with E-state index in [2.05, 4.69) is 4.74 Å². The first-order valence-corrected chi connectivity index (χ1v) is 5.47. The lowest BCUT2D eigenvalue weighted by atomic mass is 9.71. The van der Waals surface area contributed by atoms with Crippen molar-refractivity contribution in [2.45, 2.75) is 45.3 Å². The molecule has 1 rings (SSSR count). The first kappa shape index (κ1) is 15.9. The monoisotopic (exact) mass is 247 g/mol. The minimum Gasteiger partial charge on any atom is -0.481 e. The molecule has 0 aromatic rings. The van der Waals surface area contributed by atoms with Gasteiger partial charge in [0.2, 0.25) is 0 Å². The zero-order valence-electron chi connectivity index (χ0n) is 10.5. The van der Waals surface area contributed by atoms with Gasteiger partial charge < -0.3 is 20.7 Å². The highest BCUT2D eigenvalue weighted by Crippen LogP contribution is 2.36.